The van der Waals surface area contributed by atoms with Crippen molar-refractivity contribution in [1.29, 1.82) is 0 Å². The Balaban J connectivity index is 1.81. The molecule has 1 aliphatic carbocycles. The third-order valence-corrected chi connectivity index (χ3v) is 4.45. The molecular weight excluding hydrogens is 254 g/mol. The van der Waals surface area contributed by atoms with Crippen LogP contribution in [0, 0.1) is 11.3 Å². The van der Waals surface area contributed by atoms with Crippen LogP contribution < -0.4 is 0 Å². The van der Waals surface area contributed by atoms with E-state index < -0.39 is 6.09 Å². The van der Waals surface area contributed by atoms with E-state index in [0.717, 1.165) is 12.0 Å². The molecule has 2 amide bonds. The lowest BCUT2D eigenvalue weighted by Crippen LogP contribution is -2.39. The Hall–Kier alpha value is -1.84. The van der Waals surface area contributed by atoms with Gasteiger partial charge in [0.2, 0.25) is 5.91 Å². The molecule has 3 rings (SSSR count). The van der Waals surface area contributed by atoms with Crippen molar-refractivity contribution in [1.82, 2.24) is 4.90 Å². The largest absolute Gasteiger partial charge is 0.439 e. The van der Waals surface area contributed by atoms with Crippen molar-refractivity contribution < 1.29 is 14.3 Å². The normalized spacial score (nSPS) is 31.1. The molecule has 20 heavy (non-hydrogen) atoms. The zero-order valence-corrected chi connectivity index (χ0v) is 12.0. The van der Waals surface area contributed by atoms with Gasteiger partial charge in [-0.2, -0.15) is 0 Å². The van der Waals surface area contributed by atoms with Gasteiger partial charge in [0, 0.05) is 5.92 Å². The number of benzene rings is 1. The molecule has 2 fully saturated rings. The molecule has 106 valence electrons. The van der Waals surface area contributed by atoms with Crippen LogP contribution >= 0.6 is 0 Å². The Morgan fingerprint density at radius 1 is 1.30 bits per heavy atom. The summed E-state index contributed by atoms with van der Waals surface area (Å²) >= 11 is 0. The average Bonchev–Trinajstić information content (AvgIpc) is 2.95. The fourth-order valence-electron chi connectivity index (χ4n) is 2.90. The van der Waals surface area contributed by atoms with Crippen molar-refractivity contribution in [2.24, 2.45) is 11.3 Å². The lowest BCUT2D eigenvalue weighted by atomic mass is 10.0. The van der Waals surface area contributed by atoms with E-state index >= 15 is 0 Å². The van der Waals surface area contributed by atoms with E-state index in [1.54, 1.807) is 0 Å². The van der Waals surface area contributed by atoms with E-state index in [0.29, 0.717) is 0 Å². The number of nitrogens with zero attached hydrogens (tertiary/aromatic N) is 1. The third-order valence-electron chi connectivity index (χ3n) is 4.45. The predicted octanol–water partition coefficient (Wildman–Crippen LogP) is 3.14. The molecule has 2 unspecified atom stereocenters. The summed E-state index contributed by atoms with van der Waals surface area (Å²) in [6.45, 7) is 5.97. The lowest BCUT2D eigenvalue weighted by molar-refractivity contribution is -0.131. The summed E-state index contributed by atoms with van der Waals surface area (Å²) in [6, 6.07) is 9.32. The number of cyclic esters (lactones) is 1. The van der Waals surface area contributed by atoms with Gasteiger partial charge in [-0.05, 0) is 24.3 Å². The summed E-state index contributed by atoms with van der Waals surface area (Å²) in [7, 11) is 0. The number of ether oxygens (including phenoxy) is 1. The first-order valence-electron chi connectivity index (χ1n) is 7.00. The maximum Gasteiger partial charge on any atom is 0.417 e. The molecule has 0 spiro atoms. The average molecular weight is 273 g/mol. The monoisotopic (exact) mass is 273 g/mol. The van der Waals surface area contributed by atoms with Crippen LogP contribution in [0.3, 0.4) is 0 Å². The molecule has 1 saturated carbocycles. The smallest absolute Gasteiger partial charge is 0.417 e. The van der Waals surface area contributed by atoms with Crippen molar-refractivity contribution in [2.45, 2.75) is 39.3 Å². The van der Waals surface area contributed by atoms with Gasteiger partial charge >= 0.3 is 6.09 Å². The van der Waals surface area contributed by atoms with Crippen molar-refractivity contribution in [3.63, 3.8) is 0 Å². The Kier molecular flexibility index (Phi) is 2.85. The number of carbonyl (C=O) groups excluding carboxylic acids is 2. The molecule has 1 aliphatic heterocycles. The minimum Gasteiger partial charge on any atom is -0.439 e. The molecule has 0 N–H and O–H groups in total. The summed E-state index contributed by atoms with van der Waals surface area (Å²) in [4.78, 5) is 25.8. The molecule has 4 heteroatoms. The van der Waals surface area contributed by atoms with Gasteiger partial charge in [0.05, 0.1) is 6.04 Å². The van der Waals surface area contributed by atoms with Gasteiger partial charge in [-0.1, -0.05) is 44.2 Å². The maximum atomic E-state index is 12.4. The summed E-state index contributed by atoms with van der Waals surface area (Å²) in [5.41, 5.74) is 0.945. The molecule has 1 aromatic rings. The van der Waals surface area contributed by atoms with E-state index in [9.17, 15) is 9.59 Å². The topological polar surface area (TPSA) is 46.6 Å². The standard InChI is InChI=1S/C16H19NO3/c1-10-13(11-7-5-4-6-8-11)20-15(19)17(10)14(18)12-9-16(12,2)3/h4-8,10,12-13H,9H2,1-3H3/t10?,12-,13?/m0/s1. The first-order valence-corrected chi connectivity index (χ1v) is 7.00. The quantitative estimate of drug-likeness (QED) is 0.831. The van der Waals surface area contributed by atoms with Crippen molar-refractivity contribution >= 4 is 12.0 Å². The van der Waals surface area contributed by atoms with Gasteiger partial charge in [0.1, 0.15) is 6.10 Å². The Labute approximate surface area is 118 Å². The fourth-order valence-corrected chi connectivity index (χ4v) is 2.90. The molecule has 1 saturated heterocycles. The molecule has 4 nitrogen and oxygen atoms in total. The van der Waals surface area contributed by atoms with E-state index in [1.807, 2.05) is 37.3 Å². The second-order valence-corrected chi connectivity index (χ2v) is 6.41. The molecule has 0 radical (unpaired) electrons. The van der Waals surface area contributed by atoms with Crippen LogP contribution in [0.15, 0.2) is 30.3 Å². The maximum absolute atomic E-state index is 12.4. The zero-order chi connectivity index (χ0) is 14.5. The van der Waals surface area contributed by atoms with Crippen LogP contribution in [-0.2, 0) is 9.53 Å². The molecular formula is C16H19NO3. The molecule has 3 atom stereocenters. The first-order chi connectivity index (χ1) is 9.42. The molecule has 0 aromatic heterocycles. The van der Waals surface area contributed by atoms with Crippen LogP contribution in [0.2, 0.25) is 0 Å². The summed E-state index contributed by atoms with van der Waals surface area (Å²) < 4.78 is 5.41. The Morgan fingerprint density at radius 3 is 2.45 bits per heavy atom. The Morgan fingerprint density at radius 2 is 1.90 bits per heavy atom. The van der Waals surface area contributed by atoms with Crippen LogP contribution in [-0.4, -0.2) is 22.9 Å². The highest BCUT2D eigenvalue weighted by Gasteiger charge is 2.56. The van der Waals surface area contributed by atoms with E-state index in [-0.39, 0.29) is 29.4 Å². The highest BCUT2D eigenvalue weighted by Crippen LogP contribution is 2.53. The van der Waals surface area contributed by atoms with Crippen molar-refractivity contribution in [2.75, 3.05) is 0 Å². The van der Waals surface area contributed by atoms with Crippen LogP contribution in [0.25, 0.3) is 0 Å². The van der Waals surface area contributed by atoms with Crippen LogP contribution in [0.4, 0.5) is 4.79 Å². The Bertz CT molecular complexity index is 552. The number of amides is 2. The molecule has 1 heterocycles. The second kappa shape index (κ2) is 4.33. The molecule has 1 aromatic carbocycles. The molecule has 2 aliphatic rings. The van der Waals surface area contributed by atoms with Gasteiger partial charge in [-0.15, -0.1) is 0 Å². The number of imide groups is 1. The van der Waals surface area contributed by atoms with Gasteiger partial charge in [-0.25, -0.2) is 9.69 Å². The number of carbonyl (C=O) groups is 2. The van der Waals surface area contributed by atoms with E-state index in [4.69, 9.17) is 4.74 Å². The summed E-state index contributed by atoms with van der Waals surface area (Å²) in [5, 5.41) is 0. The third kappa shape index (κ3) is 1.99. The number of hydrogen-bond acceptors (Lipinski definition) is 3. The minimum absolute atomic E-state index is 0.0158. The minimum atomic E-state index is -0.515. The SMILES string of the molecule is CC1C(c2ccccc2)OC(=O)N1C(=O)[C@@H]1CC1(C)C. The number of hydrogen-bond donors (Lipinski definition) is 0. The van der Waals surface area contributed by atoms with Gasteiger partial charge in [0.15, 0.2) is 0 Å². The van der Waals surface area contributed by atoms with Crippen molar-refractivity contribution in [3.05, 3.63) is 35.9 Å². The van der Waals surface area contributed by atoms with Crippen LogP contribution in [0.1, 0.15) is 38.9 Å². The zero-order valence-electron chi connectivity index (χ0n) is 12.0. The summed E-state index contributed by atoms with van der Waals surface area (Å²) in [6.07, 6.45) is -0.0354. The van der Waals surface area contributed by atoms with Crippen LogP contribution in [0.5, 0.6) is 0 Å². The van der Waals surface area contributed by atoms with Gasteiger partial charge < -0.3 is 4.74 Å². The fraction of sp³-hybridized carbons (Fsp3) is 0.500. The lowest BCUT2D eigenvalue weighted by Gasteiger charge is -2.20. The highest BCUT2D eigenvalue weighted by molar-refractivity contribution is 5.96. The van der Waals surface area contributed by atoms with Gasteiger partial charge in [0.25, 0.3) is 0 Å². The van der Waals surface area contributed by atoms with Crippen molar-refractivity contribution in [3.8, 4) is 0 Å². The second-order valence-electron chi connectivity index (χ2n) is 6.41. The van der Waals surface area contributed by atoms with E-state index in [2.05, 4.69) is 13.8 Å². The number of rotatable bonds is 2. The van der Waals surface area contributed by atoms with E-state index in [1.165, 1.54) is 4.90 Å². The summed E-state index contributed by atoms with van der Waals surface area (Å²) in [5.74, 6) is -0.141. The van der Waals surface area contributed by atoms with Gasteiger partial charge in [-0.3, -0.25) is 4.79 Å². The predicted molar refractivity (Wildman–Crippen MR) is 73.9 cm³/mol. The highest BCUT2D eigenvalue weighted by atomic mass is 16.6. The molecule has 0 bridgehead atoms. The first kappa shape index (κ1) is 13.2.